The minimum absolute atomic E-state index is 0.370. The SMILES string of the molecule is Cc1cc(C)c(-c2nnnn2C2CCC(C)(C)C2)cc1N. The molecule has 1 aliphatic rings. The van der Waals surface area contributed by atoms with Crippen molar-refractivity contribution in [2.75, 3.05) is 5.73 Å². The summed E-state index contributed by atoms with van der Waals surface area (Å²) in [4.78, 5) is 0. The Morgan fingerprint density at radius 2 is 2.00 bits per heavy atom. The van der Waals surface area contributed by atoms with Gasteiger partial charge in [0.25, 0.3) is 0 Å². The van der Waals surface area contributed by atoms with E-state index in [0.717, 1.165) is 41.0 Å². The third-order valence-electron chi connectivity index (χ3n) is 4.64. The summed E-state index contributed by atoms with van der Waals surface area (Å²) in [5, 5.41) is 12.4. The molecule has 0 bridgehead atoms. The van der Waals surface area contributed by atoms with Crippen LogP contribution >= 0.6 is 0 Å². The second-order valence-corrected chi connectivity index (χ2v) is 7.03. The van der Waals surface area contributed by atoms with Gasteiger partial charge in [0.05, 0.1) is 6.04 Å². The zero-order valence-corrected chi connectivity index (χ0v) is 13.2. The van der Waals surface area contributed by atoms with E-state index in [2.05, 4.69) is 42.4 Å². The van der Waals surface area contributed by atoms with E-state index in [0.29, 0.717) is 11.5 Å². The van der Waals surface area contributed by atoms with Crippen molar-refractivity contribution in [3.63, 3.8) is 0 Å². The summed E-state index contributed by atoms with van der Waals surface area (Å²) in [6.07, 6.45) is 3.46. The summed E-state index contributed by atoms with van der Waals surface area (Å²) in [5.41, 5.74) is 10.5. The van der Waals surface area contributed by atoms with Gasteiger partial charge in [0, 0.05) is 11.3 Å². The van der Waals surface area contributed by atoms with E-state index >= 15 is 0 Å². The highest BCUT2D eigenvalue weighted by atomic mass is 15.5. The molecule has 112 valence electrons. The Morgan fingerprint density at radius 1 is 1.24 bits per heavy atom. The predicted molar refractivity (Wildman–Crippen MR) is 83.8 cm³/mol. The molecule has 5 nitrogen and oxygen atoms in total. The lowest BCUT2D eigenvalue weighted by molar-refractivity contribution is 0.349. The van der Waals surface area contributed by atoms with Crippen molar-refractivity contribution in [2.45, 2.75) is 53.0 Å². The zero-order chi connectivity index (χ0) is 15.2. The monoisotopic (exact) mass is 285 g/mol. The lowest BCUT2D eigenvalue weighted by atomic mass is 9.92. The van der Waals surface area contributed by atoms with Gasteiger partial charge >= 0.3 is 0 Å². The number of nitrogen functional groups attached to an aromatic ring is 1. The molecule has 5 heteroatoms. The van der Waals surface area contributed by atoms with Crippen LogP contribution in [-0.2, 0) is 0 Å². The number of aryl methyl sites for hydroxylation is 2. The van der Waals surface area contributed by atoms with Crippen LogP contribution in [0.25, 0.3) is 11.4 Å². The molecule has 1 fully saturated rings. The smallest absolute Gasteiger partial charge is 0.182 e. The summed E-state index contributed by atoms with van der Waals surface area (Å²) in [6.45, 7) is 8.73. The van der Waals surface area contributed by atoms with Crippen molar-refractivity contribution in [2.24, 2.45) is 5.41 Å². The first-order chi connectivity index (χ1) is 9.87. The number of anilines is 1. The van der Waals surface area contributed by atoms with Crippen molar-refractivity contribution in [1.29, 1.82) is 0 Å². The highest BCUT2D eigenvalue weighted by Gasteiger charge is 2.34. The quantitative estimate of drug-likeness (QED) is 0.860. The number of benzene rings is 1. The van der Waals surface area contributed by atoms with Crippen molar-refractivity contribution >= 4 is 5.69 Å². The normalized spacial score (nSPS) is 20.9. The standard InChI is InChI=1S/C16H23N5/c1-10-7-11(2)14(17)8-13(10)15-18-19-20-21(15)12-5-6-16(3,4)9-12/h7-8,12H,5-6,9,17H2,1-4H3. The summed E-state index contributed by atoms with van der Waals surface area (Å²) in [7, 11) is 0. The first kappa shape index (κ1) is 14.0. The molecule has 1 aromatic carbocycles. The summed E-state index contributed by atoms with van der Waals surface area (Å²) in [5.74, 6) is 0.835. The van der Waals surface area contributed by atoms with Gasteiger partial charge < -0.3 is 5.73 Å². The van der Waals surface area contributed by atoms with E-state index in [1.54, 1.807) is 0 Å². The highest BCUT2D eigenvalue weighted by Crippen LogP contribution is 2.44. The molecule has 0 saturated heterocycles. The molecule has 0 radical (unpaired) electrons. The van der Waals surface area contributed by atoms with Crippen molar-refractivity contribution in [3.8, 4) is 11.4 Å². The average molecular weight is 285 g/mol. The maximum absolute atomic E-state index is 6.06. The van der Waals surface area contributed by atoms with Crippen molar-refractivity contribution in [3.05, 3.63) is 23.3 Å². The van der Waals surface area contributed by atoms with Crippen LogP contribution in [-0.4, -0.2) is 20.2 Å². The Hall–Kier alpha value is -1.91. The van der Waals surface area contributed by atoms with Gasteiger partial charge in [-0.2, -0.15) is 0 Å². The fourth-order valence-corrected chi connectivity index (χ4v) is 3.33. The molecule has 1 heterocycles. The topological polar surface area (TPSA) is 69.6 Å². The average Bonchev–Trinajstić information content (AvgIpc) is 3.00. The van der Waals surface area contributed by atoms with Crippen LogP contribution in [0.2, 0.25) is 0 Å². The van der Waals surface area contributed by atoms with E-state index in [9.17, 15) is 0 Å². The maximum atomic E-state index is 6.06. The molecule has 1 atom stereocenters. The number of rotatable bonds is 2. The molecule has 2 aromatic rings. The molecule has 21 heavy (non-hydrogen) atoms. The van der Waals surface area contributed by atoms with Gasteiger partial charge in [-0.15, -0.1) is 5.10 Å². The van der Waals surface area contributed by atoms with Gasteiger partial charge in [0.15, 0.2) is 5.82 Å². The van der Waals surface area contributed by atoms with Crippen LogP contribution in [0, 0.1) is 19.3 Å². The van der Waals surface area contributed by atoms with E-state index in [4.69, 9.17) is 5.73 Å². The Bertz CT molecular complexity index is 671. The summed E-state index contributed by atoms with van der Waals surface area (Å²) in [6, 6.07) is 4.47. The number of aromatic nitrogens is 4. The van der Waals surface area contributed by atoms with Crippen molar-refractivity contribution in [1.82, 2.24) is 20.2 Å². The minimum atomic E-state index is 0.370. The number of tetrazole rings is 1. The summed E-state index contributed by atoms with van der Waals surface area (Å²) < 4.78 is 1.99. The molecule has 0 spiro atoms. The fraction of sp³-hybridized carbons (Fsp3) is 0.562. The van der Waals surface area contributed by atoms with Gasteiger partial charge in [-0.25, -0.2) is 4.68 Å². The lowest BCUT2D eigenvalue weighted by Crippen LogP contribution is -2.12. The van der Waals surface area contributed by atoms with E-state index in [1.165, 1.54) is 6.42 Å². The molecular weight excluding hydrogens is 262 g/mol. The molecular formula is C16H23N5. The highest BCUT2D eigenvalue weighted by molar-refractivity contribution is 5.67. The van der Waals surface area contributed by atoms with Crippen LogP contribution in [0.5, 0.6) is 0 Å². The largest absolute Gasteiger partial charge is 0.398 e. The van der Waals surface area contributed by atoms with E-state index < -0.39 is 0 Å². The van der Waals surface area contributed by atoms with Gasteiger partial charge in [-0.05, 0) is 66.1 Å². The van der Waals surface area contributed by atoms with Gasteiger partial charge in [0.2, 0.25) is 0 Å². The Balaban J connectivity index is 2.02. The summed E-state index contributed by atoms with van der Waals surface area (Å²) >= 11 is 0. The molecule has 1 saturated carbocycles. The number of nitrogens with zero attached hydrogens (tertiary/aromatic N) is 4. The zero-order valence-electron chi connectivity index (χ0n) is 13.2. The van der Waals surface area contributed by atoms with Gasteiger partial charge in [-0.1, -0.05) is 19.9 Å². The Kier molecular flexibility index (Phi) is 3.23. The first-order valence-corrected chi connectivity index (χ1v) is 7.52. The van der Waals surface area contributed by atoms with Crippen LogP contribution in [0.1, 0.15) is 50.3 Å². The first-order valence-electron chi connectivity index (χ1n) is 7.52. The van der Waals surface area contributed by atoms with E-state index in [-0.39, 0.29) is 0 Å². The van der Waals surface area contributed by atoms with E-state index in [1.807, 2.05) is 17.7 Å². The second kappa shape index (κ2) is 4.83. The van der Waals surface area contributed by atoms with Crippen LogP contribution in [0.15, 0.2) is 12.1 Å². The van der Waals surface area contributed by atoms with Gasteiger partial charge in [0.1, 0.15) is 0 Å². The molecule has 1 aliphatic carbocycles. The van der Waals surface area contributed by atoms with Crippen molar-refractivity contribution < 1.29 is 0 Å². The molecule has 0 aliphatic heterocycles. The van der Waals surface area contributed by atoms with Gasteiger partial charge in [-0.3, -0.25) is 0 Å². The second-order valence-electron chi connectivity index (χ2n) is 7.03. The number of nitrogens with two attached hydrogens (primary N) is 1. The molecule has 0 amide bonds. The maximum Gasteiger partial charge on any atom is 0.182 e. The minimum Gasteiger partial charge on any atom is -0.398 e. The predicted octanol–water partition coefficient (Wildman–Crippen LogP) is 3.29. The number of hydrogen-bond acceptors (Lipinski definition) is 4. The van der Waals surface area contributed by atoms with Crippen LogP contribution in [0.4, 0.5) is 5.69 Å². The molecule has 2 N–H and O–H groups in total. The molecule has 3 rings (SSSR count). The molecule has 1 unspecified atom stereocenters. The lowest BCUT2D eigenvalue weighted by Gasteiger charge is -2.18. The fourth-order valence-electron chi connectivity index (χ4n) is 3.33. The molecule has 1 aromatic heterocycles. The van der Waals surface area contributed by atoms with Crippen LogP contribution < -0.4 is 5.73 Å². The third-order valence-corrected chi connectivity index (χ3v) is 4.64. The number of hydrogen-bond donors (Lipinski definition) is 1. The third kappa shape index (κ3) is 2.52. The Morgan fingerprint density at radius 3 is 2.67 bits per heavy atom. The van der Waals surface area contributed by atoms with Crippen LogP contribution in [0.3, 0.4) is 0 Å². The Labute approximate surface area is 125 Å².